The van der Waals surface area contributed by atoms with Crippen LogP contribution in [0.1, 0.15) is 26.7 Å². The summed E-state index contributed by atoms with van der Waals surface area (Å²) >= 11 is 0. The predicted molar refractivity (Wildman–Crippen MR) is 42.1 cm³/mol. The molecule has 1 aliphatic rings. The summed E-state index contributed by atoms with van der Waals surface area (Å²) in [6.07, 6.45) is 1.77. The number of carboxylic acid groups (broad SMARTS) is 1. The van der Waals surface area contributed by atoms with Gasteiger partial charge in [0.25, 0.3) is 0 Å². The van der Waals surface area contributed by atoms with E-state index >= 15 is 0 Å². The van der Waals surface area contributed by atoms with Crippen LogP contribution in [0.15, 0.2) is 0 Å². The van der Waals surface area contributed by atoms with Crippen molar-refractivity contribution in [2.75, 3.05) is 0 Å². The van der Waals surface area contributed by atoms with Gasteiger partial charge in [0.2, 0.25) is 0 Å². The lowest BCUT2D eigenvalue weighted by Gasteiger charge is -2.28. The largest absolute Gasteiger partial charge is 0.481 e. The molecule has 0 aromatic rings. The quantitative estimate of drug-likeness (QED) is 0.592. The van der Waals surface area contributed by atoms with Crippen LogP contribution in [0.3, 0.4) is 0 Å². The van der Waals surface area contributed by atoms with Gasteiger partial charge in [0, 0.05) is 6.04 Å². The number of carbonyl (C=O) groups is 1. The van der Waals surface area contributed by atoms with E-state index in [-0.39, 0.29) is 12.0 Å². The monoisotopic (exact) mass is 157 g/mol. The molecule has 0 saturated heterocycles. The van der Waals surface area contributed by atoms with Gasteiger partial charge in [-0.1, -0.05) is 6.92 Å². The molecule has 0 aromatic heterocycles. The normalized spacial score (nSPS) is 44.3. The van der Waals surface area contributed by atoms with Crippen molar-refractivity contribution in [1.29, 1.82) is 0 Å². The number of rotatable bonds is 1. The van der Waals surface area contributed by atoms with Crippen molar-refractivity contribution >= 4 is 5.97 Å². The first kappa shape index (κ1) is 8.53. The molecule has 3 atom stereocenters. The maximum absolute atomic E-state index is 10.9. The molecule has 0 heterocycles. The zero-order chi connectivity index (χ0) is 8.65. The fourth-order valence-corrected chi connectivity index (χ4v) is 1.76. The maximum Gasteiger partial charge on any atom is 0.311 e. The Bertz CT molecular complexity index is 169. The Hall–Kier alpha value is -0.570. The van der Waals surface area contributed by atoms with Crippen molar-refractivity contribution < 1.29 is 9.90 Å². The highest BCUT2D eigenvalue weighted by Crippen LogP contribution is 2.41. The van der Waals surface area contributed by atoms with Crippen molar-refractivity contribution in [1.82, 2.24) is 0 Å². The van der Waals surface area contributed by atoms with Gasteiger partial charge in [-0.05, 0) is 25.7 Å². The van der Waals surface area contributed by atoms with Crippen molar-refractivity contribution in [2.24, 2.45) is 17.1 Å². The lowest BCUT2D eigenvalue weighted by molar-refractivity contribution is -0.150. The number of aliphatic carboxylic acids is 1. The molecule has 11 heavy (non-hydrogen) atoms. The van der Waals surface area contributed by atoms with Gasteiger partial charge >= 0.3 is 5.97 Å². The van der Waals surface area contributed by atoms with Crippen molar-refractivity contribution in [3.8, 4) is 0 Å². The molecule has 0 amide bonds. The van der Waals surface area contributed by atoms with E-state index in [1.165, 1.54) is 0 Å². The molecule has 64 valence electrons. The topological polar surface area (TPSA) is 63.3 Å². The molecular weight excluding hydrogens is 142 g/mol. The van der Waals surface area contributed by atoms with Gasteiger partial charge in [0.15, 0.2) is 0 Å². The second-order valence-electron chi connectivity index (χ2n) is 3.67. The Morgan fingerprint density at radius 1 is 1.64 bits per heavy atom. The van der Waals surface area contributed by atoms with Crippen LogP contribution in [0.5, 0.6) is 0 Å². The highest BCUT2D eigenvalue weighted by Gasteiger charge is 2.48. The van der Waals surface area contributed by atoms with E-state index in [1.807, 2.05) is 6.92 Å². The average molecular weight is 157 g/mol. The Labute approximate surface area is 66.6 Å². The molecule has 0 aliphatic heterocycles. The summed E-state index contributed by atoms with van der Waals surface area (Å²) in [5, 5.41) is 8.93. The number of hydrogen-bond donors (Lipinski definition) is 2. The highest BCUT2D eigenvalue weighted by molar-refractivity contribution is 5.76. The first-order valence-corrected chi connectivity index (χ1v) is 3.98. The van der Waals surface area contributed by atoms with Crippen LogP contribution in [-0.4, -0.2) is 17.1 Å². The Kier molecular flexibility index (Phi) is 1.92. The molecule has 3 heteroatoms. The van der Waals surface area contributed by atoms with Gasteiger partial charge in [0.1, 0.15) is 0 Å². The molecule has 0 spiro atoms. The molecule has 1 saturated carbocycles. The summed E-state index contributed by atoms with van der Waals surface area (Å²) in [6.45, 7) is 3.71. The minimum atomic E-state index is -0.755. The standard InChI is InChI=1S/C8H15NO2/c1-5-3-4-6(9)8(5,2)7(10)11/h5-6H,3-4,9H2,1-2H3,(H,10,11)/t5-,6+,8-/m1/s1. The Balaban J connectivity index is 2.88. The molecular formula is C8H15NO2. The number of carboxylic acids is 1. The molecule has 1 fully saturated rings. The zero-order valence-corrected chi connectivity index (χ0v) is 7.00. The van der Waals surface area contributed by atoms with Crippen LogP contribution >= 0.6 is 0 Å². The average Bonchev–Trinajstić information content (AvgIpc) is 2.18. The Morgan fingerprint density at radius 3 is 2.36 bits per heavy atom. The van der Waals surface area contributed by atoms with E-state index in [4.69, 9.17) is 10.8 Å². The minimum Gasteiger partial charge on any atom is -0.481 e. The lowest BCUT2D eigenvalue weighted by Crippen LogP contribution is -2.44. The van der Waals surface area contributed by atoms with E-state index in [0.29, 0.717) is 0 Å². The molecule has 0 radical (unpaired) electrons. The molecule has 0 aromatic carbocycles. The number of nitrogens with two attached hydrogens (primary N) is 1. The van der Waals surface area contributed by atoms with Crippen LogP contribution in [0, 0.1) is 11.3 Å². The molecule has 1 aliphatic carbocycles. The number of hydrogen-bond acceptors (Lipinski definition) is 2. The van der Waals surface area contributed by atoms with Gasteiger partial charge in [0.05, 0.1) is 5.41 Å². The third-order valence-electron chi connectivity index (χ3n) is 3.17. The second-order valence-corrected chi connectivity index (χ2v) is 3.67. The zero-order valence-electron chi connectivity index (χ0n) is 7.00. The summed E-state index contributed by atoms with van der Waals surface area (Å²) in [5.74, 6) is -0.551. The SMILES string of the molecule is C[C@@H]1CC[C@H](N)[C@]1(C)C(=O)O. The van der Waals surface area contributed by atoms with Gasteiger partial charge in [-0.25, -0.2) is 0 Å². The first-order chi connectivity index (χ1) is 4.99. The van der Waals surface area contributed by atoms with Crippen LogP contribution in [-0.2, 0) is 4.79 Å². The van der Waals surface area contributed by atoms with E-state index in [0.717, 1.165) is 12.8 Å². The van der Waals surface area contributed by atoms with Gasteiger partial charge in [-0.2, -0.15) is 0 Å². The smallest absolute Gasteiger partial charge is 0.311 e. The summed E-state index contributed by atoms with van der Waals surface area (Å²) in [5.41, 5.74) is 5.03. The summed E-state index contributed by atoms with van der Waals surface area (Å²) < 4.78 is 0. The molecule has 3 N–H and O–H groups in total. The molecule has 1 rings (SSSR count). The third kappa shape index (κ3) is 1.03. The Morgan fingerprint density at radius 2 is 2.18 bits per heavy atom. The van der Waals surface area contributed by atoms with E-state index in [1.54, 1.807) is 6.92 Å². The van der Waals surface area contributed by atoms with E-state index < -0.39 is 11.4 Å². The van der Waals surface area contributed by atoms with Gasteiger partial charge in [-0.3, -0.25) is 4.79 Å². The lowest BCUT2D eigenvalue weighted by atomic mass is 9.78. The van der Waals surface area contributed by atoms with Crippen LogP contribution in [0.2, 0.25) is 0 Å². The van der Waals surface area contributed by atoms with E-state index in [2.05, 4.69) is 0 Å². The summed E-state index contributed by atoms with van der Waals surface area (Å²) in [4.78, 5) is 10.9. The molecule has 0 bridgehead atoms. The van der Waals surface area contributed by atoms with Gasteiger partial charge in [-0.15, -0.1) is 0 Å². The van der Waals surface area contributed by atoms with Crippen LogP contribution in [0.4, 0.5) is 0 Å². The fourth-order valence-electron chi connectivity index (χ4n) is 1.76. The molecule has 0 unspecified atom stereocenters. The summed E-state index contributed by atoms with van der Waals surface area (Å²) in [6, 6.07) is -0.171. The predicted octanol–water partition coefficient (Wildman–Crippen LogP) is 0.835. The summed E-state index contributed by atoms with van der Waals surface area (Å²) in [7, 11) is 0. The first-order valence-electron chi connectivity index (χ1n) is 3.98. The van der Waals surface area contributed by atoms with Gasteiger partial charge < -0.3 is 10.8 Å². The maximum atomic E-state index is 10.9. The van der Waals surface area contributed by atoms with Crippen LogP contribution in [0.25, 0.3) is 0 Å². The second kappa shape index (κ2) is 2.48. The highest BCUT2D eigenvalue weighted by atomic mass is 16.4. The van der Waals surface area contributed by atoms with Crippen molar-refractivity contribution in [3.63, 3.8) is 0 Å². The third-order valence-corrected chi connectivity index (χ3v) is 3.17. The minimum absolute atomic E-state index is 0.171. The van der Waals surface area contributed by atoms with Crippen molar-refractivity contribution in [2.45, 2.75) is 32.7 Å². The van der Waals surface area contributed by atoms with Crippen molar-refractivity contribution in [3.05, 3.63) is 0 Å². The van der Waals surface area contributed by atoms with Crippen LogP contribution < -0.4 is 5.73 Å². The van der Waals surface area contributed by atoms with E-state index in [9.17, 15) is 4.79 Å². The molecule has 3 nitrogen and oxygen atoms in total. The fraction of sp³-hybridized carbons (Fsp3) is 0.875.